The lowest BCUT2D eigenvalue weighted by Crippen LogP contribution is -2.05. The number of hydrogen-bond donors (Lipinski definition) is 0. The Bertz CT molecular complexity index is 1240. The predicted octanol–water partition coefficient (Wildman–Crippen LogP) is 5.82. The molecule has 30 heavy (non-hydrogen) atoms. The van der Waals surface area contributed by atoms with Crippen molar-refractivity contribution in [3.8, 4) is 28.4 Å². The molecule has 0 aliphatic heterocycles. The molecule has 0 atom stereocenters. The van der Waals surface area contributed by atoms with E-state index in [9.17, 15) is 4.79 Å². The number of methoxy groups -OCH3 is 2. The summed E-state index contributed by atoms with van der Waals surface area (Å²) in [4.78, 5) is 13.0. The summed E-state index contributed by atoms with van der Waals surface area (Å²) in [5.41, 5.74) is 2.54. The largest absolute Gasteiger partial charge is 0.493 e. The van der Waals surface area contributed by atoms with Crippen molar-refractivity contribution in [2.24, 2.45) is 0 Å². The second-order valence-corrected chi connectivity index (χ2v) is 7.54. The van der Waals surface area contributed by atoms with Gasteiger partial charge >= 0.3 is 0 Å². The van der Waals surface area contributed by atoms with Crippen molar-refractivity contribution in [1.29, 1.82) is 0 Å². The lowest BCUT2D eigenvalue weighted by Gasteiger charge is -2.10. The first kappa shape index (κ1) is 20.0. The van der Waals surface area contributed by atoms with E-state index in [4.69, 9.17) is 18.6 Å². The minimum atomic E-state index is -0.122. The standard InChI is InChI=1S/C24H19BrO5/c1-27-21-10-5-16(11-23(21)28-2)20-14-30-22-12-18(8-9-19(22)24(20)26)29-13-15-3-6-17(25)7-4-15/h3-12,14H,13H2,1-2H3. The van der Waals surface area contributed by atoms with Crippen molar-refractivity contribution in [3.05, 3.63) is 87.2 Å². The van der Waals surface area contributed by atoms with Crippen LogP contribution in [0.4, 0.5) is 0 Å². The van der Waals surface area contributed by atoms with Crippen LogP contribution < -0.4 is 19.6 Å². The van der Waals surface area contributed by atoms with E-state index >= 15 is 0 Å². The first-order chi connectivity index (χ1) is 14.6. The molecule has 0 spiro atoms. The maximum absolute atomic E-state index is 13.0. The molecule has 0 saturated heterocycles. The fraction of sp³-hybridized carbons (Fsp3) is 0.125. The SMILES string of the molecule is COc1ccc(-c2coc3cc(OCc4ccc(Br)cc4)ccc3c2=O)cc1OC. The van der Waals surface area contributed by atoms with Gasteiger partial charge < -0.3 is 18.6 Å². The highest BCUT2D eigenvalue weighted by Gasteiger charge is 2.13. The Morgan fingerprint density at radius 3 is 2.40 bits per heavy atom. The summed E-state index contributed by atoms with van der Waals surface area (Å²) in [5, 5.41) is 0.485. The van der Waals surface area contributed by atoms with E-state index in [0.29, 0.717) is 46.0 Å². The van der Waals surface area contributed by atoms with Crippen LogP contribution in [-0.2, 0) is 6.61 Å². The molecular formula is C24H19BrO5. The van der Waals surface area contributed by atoms with Gasteiger partial charge in [-0.15, -0.1) is 0 Å². The second kappa shape index (κ2) is 8.63. The zero-order valence-electron chi connectivity index (χ0n) is 16.5. The van der Waals surface area contributed by atoms with E-state index in [1.165, 1.54) is 6.26 Å². The summed E-state index contributed by atoms with van der Waals surface area (Å²) in [7, 11) is 3.12. The third-order valence-corrected chi connectivity index (χ3v) is 5.29. The lowest BCUT2D eigenvalue weighted by atomic mass is 10.0. The number of ether oxygens (including phenoxy) is 3. The molecule has 0 bridgehead atoms. The van der Waals surface area contributed by atoms with Gasteiger partial charge in [-0.25, -0.2) is 0 Å². The van der Waals surface area contributed by atoms with Gasteiger partial charge in [-0.3, -0.25) is 4.79 Å². The second-order valence-electron chi connectivity index (χ2n) is 6.62. The fourth-order valence-electron chi connectivity index (χ4n) is 3.15. The predicted molar refractivity (Wildman–Crippen MR) is 119 cm³/mol. The molecule has 0 radical (unpaired) electrons. The van der Waals surface area contributed by atoms with Gasteiger partial charge in [0.25, 0.3) is 0 Å². The zero-order chi connectivity index (χ0) is 21.1. The maximum atomic E-state index is 13.0. The maximum Gasteiger partial charge on any atom is 0.200 e. The number of benzene rings is 3. The molecule has 0 N–H and O–H groups in total. The van der Waals surface area contributed by atoms with Crippen molar-refractivity contribution in [2.45, 2.75) is 6.61 Å². The molecule has 5 nitrogen and oxygen atoms in total. The Morgan fingerprint density at radius 1 is 0.900 bits per heavy atom. The number of fused-ring (bicyclic) bond motifs is 1. The van der Waals surface area contributed by atoms with Gasteiger partial charge in [0.05, 0.1) is 25.2 Å². The molecule has 152 valence electrons. The Hall–Kier alpha value is -3.25. The minimum absolute atomic E-state index is 0.122. The molecule has 4 rings (SSSR count). The van der Waals surface area contributed by atoms with Crippen molar-refractivity contribution >= 4 is 26.9 Å². The zero-order valence-corrected chi connectivity index (χ0v) is 18.1. The average Bonchev–Trinajstić information content (AvgIpc) is 2.78. The molecule has 1 aromatic heterocycles. The fourth-order valence-corrected chi connectivity index (χ4v) is 3.41. The molecule has 0 saturated carbocycles. The Labute approximate surface area is 181 Å². The smallest absolute Gasteiger partial charge is 0.200 e. The van der Waals surface area contributed by atoms with Gasteiger partial charge in [-0.05, 0) is 47.5 Å². The highest BCUT2D eigenvalue weighted by Crippen LogP contribution is 2.32. The molecule has 4 aromatic rings. The monoisotopic (exact) mass is 466 g/mol. The van der Waals surface area contributed by atoms with E-state index in [1.54, 1.807) is 50.6 Å². The van der Waals surface area contributed by atoms with E-state index in [0.717, 1.165) is 10.0 Å². The van der Waals surface area contributed by atoms with E-state index in [-0.39, 0.29) is 5.43 Å². The quantitative estimate of drug-likeness (QED) is 0.358. The summed E-state index contributed by atoms with van der Waals surface area (Å²) in [5.74, 6) is 1.78. The molecule has 0 amide bonds. The van der Waals surface area contributed by atoms with Gasteiger partial charge in [-0.2, -0.15) is 0 Å². The molecular weight excluding hydrogens is 448 g/mol. The van der Waals surface area contributed by atoms with Crippen molar-refractivity contribution < 1.29 is 18.6 Å². The summed E-state index contributed by atoms with van der Waals surface area (Å²) < 4.78 is 23.2. The molecule has 0 aliphatic carbocycles. The molecule has 1 heterocycles. The van der Waals surface area contributed by atoms with E-state index in [1.807, 2.05) is 24.3 Å². The minimum Gasteiger partial charge on any atom is -0.493 e. The van der Waals surface area contributed by atoms with Crippen LogP contribution in [0.25, 0.3) is 22.1 Å². The average molecular weight is 467 g/mol. The third-order valence-electron chi connectivity index (χ3n) is 4.76. The van der Waals surface area contributed by atoms with Crippen LogP contribution >= 0.6 is 15.9 Å². The molecule has 0 unspecified atom stereocenters. The van der Waals surface area contributed by atoms with Crippen LogP contribution in [0.5, 0.6) is 17.2 Å². The van der Waals surface area contributed by atoms with Crippen LogP contribution in [-0.4, -0.2) is 14.2 Å². The van der Waals surface area contributed by atoms with Crippen molar-refractivity contribution in [1.82, 2.24) is 0 Å². The van der Waals surface area contributed by atoms with Crippen LogP contribution in [0.15, 0.2) is 80.6 Å². The van der Waals surface area contributed by atoms with Crippen LogP contribution in [0, 0.1) is 0 Å². The van der Waals surface area contributed by atoms with Gasteiger partial charge in [0, 0.05) is 10.5 Å². The van der Waals surface area contributed by atoms with E-state index in [2.05, 4.69) is 15.9 Å². The Balaban J connectivity index is 1.63. The van der Waals surface area contributed by atoms with Crippen molar-refractivity contribution in [3.63, 3.8) is 0 Å². The molecule has 0 fully saturated rings. The topological polar surface area (TPSA) is 57.9 Å². The third kappa shape index (κ3) is 4.04. The molecule has 3 aromatic carbocycles. The summed E-state index contributed by atoms with van der Waals surface area (Å²) in [6, 6.07) is 18.5. The number of hydrogen-bond acceptors (Lipinski definition) is 5. The van der Waals surface area contributed by atoms with Crippen LogP contribution in [0.2, 0.25) is 0 Å². The highest BCUT2D eigenvalue weighted by molar-refractivity contribution is 9.10. The Morgan fingerprint density at radius 2 is 1.67 bits per heavy atom. The highest BCUT2D eigenvalue weighted by atomic mass is 79.9. The first-order valence-electron chi connectivity index (χ1n) is 9.24. The van der Waals surface area contributed by atoms with Gasteiger partial charge in [-0.1, -0.05) is 34.1 Å². The molecule has 6 heteroatoms. The summed E-state index contributed by atoms with van der Waals surface area (Å²) >= 11 is 3.42. The number of rotatable bonds is 6. The van der Waals surface area contributed by atoms with Crippen molar-refractivity contribution in [2.75, 3.05) is 14.2 Å². The number of halogens is 1. The summed E-state index contributed by atoms with van der Waals surface area (Å²) in [6.07, 6.45) is 1.46. The van der Waals surface area contributed by atoms with Gasteiger partial charge in [0.1, 0.15) is 24.2 Å². The first-order valence-corrected chi connectivity index (χ1v) is 10.0. The van der Waals surface area contributed by atoms with Crippen LogP contribution in [0.3, 0.4) is 0 Å². The normalized spacial score (nSPS) is 10.8. The summed E-state index contributed by atoms with van der Waals surface area (Å²) in [6.45, 7) is 0.423. The molecule has 0 aliphatic rings. The van der Waals surface area contributed by atoms with Gasteiger partial charge in [0.15, 0.2) is 16.9 Å². The van der Waals surface area contributed by atoms with E-state index < -0.39 is 0 Å². The lowest BCUT2D eigenvalue weighted by molar-refractivity contribution is 0.306. The van der Waals surface area contributed by atoms with Crippen LogP contribution in [0.1, 0.15) is 5.56 Å². The Kier molecular flexibility index (Phi) is 5.77. The van der Waals surface area contributed by atoms with Gasteiger partial charge in [0.2, 0.25) is 0 Å².